The fourth-order valence-electron chi connectivity index (χ4n) is 4.65. The monoisotopic (exact) mass is 361 g/mol. The van der Waals surface area contributed by atoms with Crippen LogP contribution in [0.1, 0.15) is 50.3 Å². The van der Waals surface area contributed by atoms with Crippen molar-refractivity contribution < 1.29 is 19.0 Å². The number of carbonyl (C=O) groups excluding carboxylic acids is 1. The van der Waals surface area contributed by atoms with Crippen LogP contribution in [0.5, 0.6) is 11.5 Å². The predicted molar refractivity (Wildman–Crippen MR) is 101 cm³/mol. The molecule has 0 spiro atoms. The minimum Gasteiger partial charge on any atom is -0.493 e. The normalized spacial score (nSPS) is 25.2. The Labute approximate surface area is 156 Å². The number of nitrogens with zero attached hydrogens (tertiary/aromatic N) is 1. The quantitative estimate of drug-likeness (QED) is 0.725. The molecule has 2 aliphatic heterocycles. The molecule has 0 radical (unpaired) electrons. The van der Waals surface area contributed by atoms with Gasteiger partial charge in [0, 0.05) is 25.6 Å². The smallest absolute Gasteiger partial charge is 0.306 e. The first-order valence-electron chi connectivity index (χ1n) is 9.75. The van der Waals surface area contributed by atoms with Gasteiger partial charge in [-0.3, -0.25) is 9.69 Å². The molecule has 5 nitrogen and oxygen atoms in total. The molecule has 0 aliphatic carbocycles. The first kappa shape index (κ1) is 19.0. The lowest BCUT2D eigenvalue weighted by Gasteiger charge is -2.47. The molecular weight excluding hydrogens is 330 g/mol. The Kier molecular flexibility index (Phi) is 6.07. The molecule has 26 heavy (non-hydrogen) atoms. The molecule has 0 unspecified atom stereocenters. The molecule has 1 aromatic rings. The SMILES string of the molecule is CCOC(=O)C[C@H]1C[C@H]2c3cc(OC)c(OC)cc3CCN2C[C@@H]1CC. The van der Waals surface area contributed by atoms with Crippen LogP contribution in [0.4, 0.5) is 0 Å². The maximum Gasteiger partial charge on any atom is 0.306 e. The van der Waals surface area contributed by atoms with E-state index < -0.39 is 0 Å². The molecule has 0 amide bonds. The van der Waals surface area contributed by atoms with Crippen LogP contribution in [0.3, 0.4) is 0 Å². The molecule has 0 aromatic heterocycles. The van der Waals surface area contributed by atoms with Gasteiger partial charge in [0.15, 0.2) is 11.5 Å². The Morgan fingerprint density at radius 1 is 1.15 bits per heavy atom. The average molecular weight is 361 g/mol. The van der Waals surface area contributed by atoms with Crippen molar-refractivity contribution in [1.82, 2.24) is 4.90 Å². The summed E-state index contributed by atoms with van der Waals surface area (Å²) in [6.07, 6.45) is 3.66. The van der Waals surface area contributed by atoms with Crippen molar-refractivity contribution >= 4 is 5.97 Å². The van der Waals surface area contributed by atoms with Gasteiger partial charge in [0.2, 0.25) is 0 Å². The van der Waals surface area contributed by atoms with Crippen molar-refractivity contribution in [3.05, 3.63) is 23.3 Å². The summed E-state index contributed by atoms with van der Waals surface area (Å²) >= 11 is 0. The highest BCUT2D eigenvalue weighted by Crippen LogP contribution is 2.45. The Morgan fingerprint density at radius 3 is 2.54 bits per heavy atom. The van der Waals surface area contributed by atoms with E-state index in [-0.39, 0.29) is 5.97 Å². The van der Waals surface area contributed by atoms with Gasteiger partial charge in [-0.1, -0.05) is 13.3 Å². The lowest BCUT2D eigenvalue weighted by molar-refractivity contribution is -0.145. The van der Waals surface area contributed by atoms with E-state index in [1.807, 2.05) is 6.92 Å². The van der Waals surface area contributed by atoms with Gasteiger partial charge in [-0.25, -0.2) is 0 Å². The number of carbonyl (C=O) groups is 1. The number of piperidine rings is 1. The van der Waals surface area contributed by atoms with Crippen LogP contribution in [-0.2, 0) is 16.0 Å². The maximum absolute atomic E-state index is 12.1. The van der Waals surface area contributed by atoms with Crippen LogP contribution >= 0.6 is 0 Å². The van der Waals surface area contributed by atoms with E-state index in [2.05, 4.69) is 24.0 Å². The summed E-state index contributed by atoms with van der Waals surface area (Å²) in [5.74, 6) is 2.45. The van der Waals surface area contributed by atoms with E-state index in [0.29, 0.717) is 30.9 Å². The maximum atomic E-state index is 12.1. The number of esters is 1. The number of fused-ring (bicyclic) bond motifs is 3. The Hall–Kier alpha value is -1.75. The van der Waals surface area contributed by atoms with Crippen LogP contribution in [0, 0.1) is 11.8 Å². The predicted octanol–water partition coefficient (Wildman–Crippen LogP) is 3.60. The lowest BCUT2D eigenvalue weighted by Crippen LogP contribution is -2.46. The first-order chi connectivity index (χ1) is 12.6. The highest BCUT2D eigenvalue weighted by molar-refractivity contribution is 5.69. The standard InChI is InChI=1S/C21H31NO4/c1-5-14-13-22-8-7-15-10-19(24-3)20(25-4)12-17(15)18(22)9-16(14)11-21(23)26-6-2/h10,12,14,16,18H,5-9,11,13H2,1-4H3/t14-,16+,18-/m0/s1. The van der Waals surface area contributed by atoms with E-state index >= 15 is 0 Å². The summed E-state index contributed by atoms with van der Waals surface area (Å²) in [5, 5.41) is 0. The van der Waals surface area contributed by atoms with Crippen LogP contribution in [-0.4, -0.2) is 44.8 Å². The summed E-state index contributed by atoms with van der Waals surface area (Å²) in [6, 6.07) is 4.61. The molecule has 3 rings (SSSR count). The third kappa shape index (κ3) is 3.68. The fourth-order valence-corrected chi connectivity index (χ4v) is 4.65. The zero-order chi connectivity index (χ0) is 18.7. The molecular formula is C21H31NO4. The van der Waals surface area contributed by atoms with Crippen LogP contribution in [0.2, 0.25) is 0 Å². The summed E-state index contributed by atoms with van der Waals surface area (Å²) in [5.41, 5.74) is 2.67. The summed E-state index contributed by atoms with van der Waals surface area (Å²) in [6.45, 7) is 6.68. The van der Waals surface area contributed by atoms with Gasteiger partial charge in [0.05, 0.1) is 20.8 Å². The van der Waals surface area contributed by atoms with E-state index in [9.17, 15) is 4.79 Å². The molecule has 144 valence electrons. The van der Waals surface area contributed by atoms with E-state index in [1.165, 1.54) is 11.1 Å². The fraction of sp³-hybridized carbons (Fsp3) is 0.667. The molecule has 1 saturated heterocycles. The Morgan fingerprint density at radius 2 is 1.88 bits per heavy atom. The summed E-state index contributed by atoms with van der Waals surface area (Å²) in [7, 11) is 3.36. The van der Waals surface area contributed by atoms with Crippen molar-refractivity contribution in [3.8, 4) is 11.5 Å². The van der Waals surface area contributed by atoms with Gasteiger partial charge in [-0.05, 0) is 54.9 Å². The number of rotatable bonds is 6. The Balaban J connectivity index is 1.87. The molecule has 2 heterocycles. The minimum absolute atomic E-state index is 0.0623. The van der Waals surface area contributed by atoms with Crippen LogP contribution in [0.25, 0.3) is 0 Å². The zero-order valence-corrected chi connectivity index (χ0v) is 16.4. The number of methoxy groups -OCH3 is 2. The molecule has 2 aliphatic rings. The number of hydrogen-bond donors (Lipinski definition) is 0. The first-order valence-corrected chi connectivity index (χ1v) is 9.75. The van der Waals surface area contributed by atoms with Crippen molar-refractivity contribution in [2.24, 2.45) is 11.8 Å². The highest BCUT2D eigenvalue weighted by Gasteiger charge is 2.39. The third-order valence-corrected chi connectivity index (χ3v) is 6.03. The molecule has 1 fully saturated rings. The van der Waals surface area contributed by atoms with Crippen molar-refractivity contribution in [2.45, 2.75) is 45.6 Å². The van der Waals surface area contributed by atoms with E-state index in [1.54, 1.807) is 14.2 Å². The molecule has 1 aromatic carbocycles. The van der Waals surface area contributed by atoms with E-state index in [4.69, 9.17) is 14.2 Å². The lowest BCUT2D eigenvalue weighted by atomic mass is 9.74. The second-order valence-corrected chi connectivity index (χ2v) is 7.34. The van der Waals surface area contributed by atoms with Gasteiger partial charge in [0.25, 0.3) is 0 Å². The highest BCUT2D eigenvalue weighted by atomic mass is 16.5. The summed E-state index contributed by atoms with van der Waals surface area (Å²) < 4.78 is 16.2. The number of ether oxygens (including phenoxy) is 3. The third-order valence-electron chi connectivity index (χ3n) is 6.03. The minimum atomic E-state index is -0.0623. The van der Waals surface area contributed by atoms with Gasteiger partial charge < -0.3 is 14.2 Å². The molecule has 0 N–H and O–H groups in total. The zero-order valence-electron chi connectivity index (χ0n) is 16.4. The number of benzene rings is 1. The van der Waals surface area contributed by atoms with Crippen LogP contribution < -0.4 is 9.47 Å². The molecule has 5 heteroatoms. The van der Waals surface area contributed by atoms with E-state index in [0.717, 1.165) is 43.9 Å². The van der Waals surface area contributed by atoms with Gasteiger partial charge in [-0.2, -0.15) is 0 Å². The van der Waals surface area contributed by atoms with Crippen molar-refractivity contribution in [3.63, 3.8) is 0 Å². The summed E-state index contributed by atoms with van der Waals surface area (Å²) in [4.78, 5) is 14.7. The molecule has 0 bridgehead atoms. The van der Waals surface area contributed by atoms with Crippen molar-refractivity contribution in [1.29, 1.82) is 0 Å². The van der Waals surface area contributed by atoms with Gasteiger partial charge in [0.1, 0.15) is 0 Å². The number of hydrogen-bond acceptors (Lipinski definition) is 5. The average Bonchev–Trinajstić information content (AvgIpc) is 2.66. The van der Waals surface area contributed by atoms with Gasteiger partial charge in [-0.15, -0.1) is 0 Å². The van der Waals surface area contributed by atoms with Gasteiger partial charge >= 0.3 is 5.97 Å². The van der Waals surface area contributed by atoms with Crippen molar-refractivity contribution in [2.75, 3.05) is 33.9 Å². The second kappa shape index (κ2) is 8.30. The Bertz CT molecular complexity index is 645. The molecule has 0 saturated carbocycles. The molecule has 3 atom stereocenters. The largest absolute Gasteiger partial charge is 0.493 e. The second-order valence-electron chi connectivity index (χ2n) is 7.34. The topological polar surface area (TPSA) is 48.0 Å². The van der Waals surface area contributed by atoms with Crippen LogP contribution in [0.15, 0.2) is 12.1 Å².